The molecular formula is C10H8BrClFNO3. The largest absolute Gasteiger partial charge is 0.482 e. The molecule has 0 saturated carbocycles. The van der Waals surface area contributed by atoms with Crippen molar-refractivity contribution in [3.05, 3.63) is 44.7 Å². The maximum Gasteiger partial charge on any atom is 0.312 e. The molecule has 0 radical (unpaired) electrons. The van der Waals surface area contributed by atoms with Crippen LogP contribution in [0.3, 0.4) is 0 Å². The Balaban J connectivity index is 3.00. The topological polar surface area (TPSA) is 52.4 Å². The molecule has 0 N–H and O–H groups in total. The van der Waals surface area contributed by atoms with Crippen LogP contribution in [0.1, 0.15) is 0 Å². The third-order valence-corrected chi connectivity index (χ3v) is 2.81. The Morgan fingerprint density at radius 3 is 2.82 bits per heavy atom. The summed E-state index contributed by atoms with van der Waals surface area (Å²) in [6.45, 7) is 3.58. The van der Waals surface area contributed by atoms with E-state index in [9.17, 15) is 14.5 Å². The predicted octanol–water partition coefficient (Wildman–Crippen LogP) is 3.67. The van der Waals surface area contributed by atoms with Gasteiger partial charge in [-0.05, 0) is 21.5 Å². The first kappa shape index (κ1) is 13.9. The van der Waals surface area contributed by atoms with Gasteiger partial charge in [-0.2, -0.15) is 0 Å². The molecule has 1 aromatic rings. The fraction of sp³-hybridized carbons (Fsp3) is 0.200. The van der Waals surface area contributed by atoms with Gasteiger partial charge in [0.1, 0.15) is 12.4 Å². The highest BCUT2D eigenvalue weighted by Gasteiger charge is 2.19. The van der Waals surface area contributed by atoms with Crippen molar-refractivity contribution in [1.29, 1.82) is 0 Å². The number of rotatable bonds is 5. The van der Waals surface area contributed by atoms with Gasteiger partial charge in [0.2, 0.25) is 0 Å². The lowest BCUT2D eigenvalue weighted by Gasteiger charge is -2.07. The van der Waals surface area contributed by atoms with Gasteiger partial charge in [0.05, 0.1) is 9.40 Å². The van der Waals surface area contributed by atoms with Crippen LogP contribution in [-0.4, -0.2) is 17.4 Å². The van der Waals surface area contributed by atoms with Gasteiger partial charge >= 0.3 is 5.69 Å². The van der Waals surface area contributed by atoms with Gasteiger partial charge in [-0.3, -0.25) is 10.1 Å². The second-order valence-corrected chi connectivity index (χ2v) is 4.29. The van der Waals surface area contributed by atoms with Gasteiger partial charge in [-0.1, -0.05) is 6.58 Å². The SMILES string of the molecule is C=C(CCl)COc1cc(F)c(Br)cc1[N+](=O)[O-]. The first-order valence-electron chi connectivity index (χ1n) is 4.44. The standard InChI is InChI=1S/C10H8BrClFNO3/c1-6(4-12)5-17-10-3-8(13)7(11)2-9(10)14(15)16/h2-3H,1,4-5H2. The molecule has 0 unspecified atom stereocenters. The molecule has 0 saturated heterocycles. The van der Waals surface area contributed by atoms with Crippen molar-refractivity contribution >= 4 is 33.2 Å². The van der Waals surface area contributed by atoms with Crippen LogP contribution in [-0.2, 0) is 0 Å². The summed E-state index contributed by atoms with van der Waals surface area (Å²) in [5.41, 5.74) is 0.227. The smallest absolute Gasteiger partial charge is 0.312 e. The zero-order chi connectivity index (χ0) is 13.0. The van der Waals surface area contributed by atoms with E-state index in [-0.39, 0.29) is 28.4 Å². The van der Waals surface area contributed by atoms with E-state index in [2.05, 4.69) is 22.5 Å². The van der Waals surface area contributed by atoms with Crippen LogP contribution in [0, 0.1) is 15.9 Å². The van der Waals surface area contributed by atoms with Gasteiger partial charge < -0.3 is 4.74 Å². The fourth-order valence-electron chi connectivity index (χ4n) is 0.995. The maximum absolute atomic E-state index is 13.2. The molecule has 17 heavy (non-hydrogen) atoms. The van der Waals surface area contributed by atoms with Crippen molar-refractivity contribution in [2.45, 2.75) is 0 Å². The molecular weight excluding hydrogens is 316 g/mol. The lowest BCUT2D eigenvalue weighted by molar-refractivity contribution is -0.386. The number of nitro groups is 1. The molecule has 4 nitrogen and oxygen atoms in total. The number of alkyl halides is 1. The Kier molecular flexibility index (Phi) is 4.89. The quantitative estimate of drug-likeness (QED) is 0.359. The molecule has 0 bridgehead atoms. The zero-order valence-electron chi connectivity index (χ0n) is 8.58. The van der Waals surface area contributed by atoms with Crippen molar-refractivity contribution in [2.24, 2.45) is 0 Å². The third kappa shape index (κ3) is 3.67. The molecule has 0 amide bonds. The van der Waals surface area contributed by atoms with Crippen molar-refractivity contribution < 1.29 is 14.1 Å². The van der Waals surface area contributed by atoms with Gasteiger partial charge in [-0.25, -0.2) is 4.39 Å². The minimum absolute atomic E-state index is 0.00537. The fourth-order valence-corrected chi connectivity index (χ4v) is 1.40. The number of nitro benzene ring substituents is 1. The molecule has 0 fully saturated rings. The molecule has 0 aliphatic rings. The van der Waals surface area contributed by atoms with E-state index in [1.807, 2.05) is 0 Å². The predicted molar refractivity (Wildman–Crippen MR) is 66.1 cm³/mol. The molecule has 0 aliphatic heterocycles. The number of hydrogen-bond donors (Lipinski definition) is 0. The number of halogens is 3. The molecule has 1 rings (SSSR count). The van der Waals surface area contributed by atoms with Crippen LogP contribution in [0.2, 0.25) is 0 Å². The highest BCUT2D eigenvalue weighted by Crippen LogP contribution is 2.32. The first-order valence-corrected chi connectivity index (χ1v) is 5.77. The van der Waals surface area contributed by atoms with Crippen LogP contribution >= 0.6 is 27.5 Å². The van der Waals surface area contributed by atoms with Gasteiger partial charge in [0.15, 0.2) is 5.75 Å². The van der Waals surface area contributed by atoms with E-state index >= 15 is 0 Å². The van der Waals surface area contributed by atoms with Crippen molar-refractivity contribution in [1.82, 2.24) is 0 Å². The summed E-state index contributed by atoms with van der Waals surface area (Å²) >= 11 is 8.35. The lowest BCUT2D eigenvalue weighted by atomic mass is 10.3. The average Bonchev–Trinajstić information content (AvgIpc) is 2.29. The zero-order valence-corrected chi connectivity index (χ0v) is 10.9. The summed E-state index contributed by atoms with van der Waals surface area (Å²) in [7, 11) is 0. The highest BCUT2D eigenvalue weighted by atomic mass is 79.9. The summed E-state index contributed by atoms with van der Waals surface area (Å²) in [5, 5.41) is 10.7. The lowest BCUT2D eigenvalue weighted by Crippen LogP contribution is -2.04. The van der Waals surface area contributed by atoms with Gasteiger partial charge in [-0.15, -0.1) is 11.6 Å². The van der Waals surface area contributed by atoms with E-state index in [1.165, 1.54) is 0 Å². The number of hydrogen-bond acceptors (Lipinski definition) is 3. The third-order valence-electron chi connectivity index (χ3n) is 1.82. The molecule has 7 heteroatoms. The normalized spacial score (nSPS) is 10.1. The van der Waals surface area contributed by atoms with E-state index in [4.69, 9.17) is 16.3 Å². The Morgan fingerprint density at radius 1 is 1.65 bits per heavy atom. The van der Waals surface area contributed by atoms with Crippen LogP contribution in [0.5, 0.6) is 5.75 Å². The number of ether oxygens (including phenoxy) is 1. The second kappa shape index (κ2) is 5.97. The summed E-state index contributed by atoms with van der Waals surface area (Å²) < 4.78 is 18.3. The van der Waals surface area contributed by atoms with Crippen molar-refractivity contribution in [3.8, 4) is 5.75 Å². The van der Waals surface area contributed by atoms with E-state index in [0.717, 1.165) is 12.1 Å². The molecule has 1 aromatic carbocycles. The Morgan fingerprint density at radius 2 is 2.29 bits per heavy atom. The summed E-state index contributed by atoms with van der Waals surface area (Å²) in [5.74, 6) is -0.614. The highest BCUT2D eigenvalue weighted by molar-refractivity contribution is 9.10. The van der Waals surface area contributed by atoms with E-state index in [0.29, 0.717) is 5.57 Å². The Hall–Kier alpha value is -1.14. The van der Waals surface area contributed by atoms with E-state index < -0.39 is 10.7 Å². The van der Waals surface area contributed by atoms with Gasteiger partial charge in [0.25, 0.3) is 0 Å². The number of nitrogens with zero attached hydrogens (tertiary/aromatic N) is 1. The van der Waals surface area contributed by atoms with Crippen LogP contribution < -0.4 is 4.74 Å². The minimum Gasteiger partial charge on any atom is -0.482 e. The van der Waals surface area contributed by atoms with E-state index in [1.54, 1.807) is 0 Å². The van der Waals surface area contributed by atoms with Crippen LogP contribution in [0.15, 0.2) is 28.8 Å². The Labute approximate surface area is 110 Å². The first-order chi connectivity index (χ1) is 7.95. The number of benzene rings is 1. The molecule has 0 atom stereocenters. The molecule has 0 aromatic heterocycles. The second-order valence-electron chi connectivity index (χ2n) is 3.16. The molecule has 92 valence electrons. The summed E-state index contributed by atoms with van der Waals surface area (Å²) in [6.07, 6.45) is 0. The van der Waals surface area contributed by atoms with Crippen molar-refractivity contribution in [3.63, 3.8) is 0 Å². The van der Waals surface area contributed by atoms with Crippen molar-refractivity contribution in [2.75, 3.05) is 12.5 Å². The Bertz CT molecular complexity index is 467. The van der Waals surface area contributed by atoms with Crippen LogP contribution in [0.25, 0.3) is 0 Å². The average molecular weight is 325 g/mol. The monoisotopic (exact) mass is 323 g/mol. The minimum atomic E-state index is -0.650. The molecule has 0 heterocycles. The van der Waals surface area contributed by atoms with Crippen LogP contribution in [0.4, 0.5) is 10.1 Å². The summed E-state index contributed by atoms with van der Waals surface area (Å²) in [6, 6.07) is 2.00. The summed E-state index contributed by atoms with van der Waals surface area (Å²) in [4.78, 5) is 10.1. The van der Waals surface area contributed by atoms with Gasteiger partial charge in [0, 0.05) is 18.0 Å². The maximum atomic E-state index is 13.2. The molecule has 0 aliphatic carbocycles. The molecule has 0 spiro atoms.